The van der Waals surface area contributed by atoms with Gasteiger partial charge in [-0.05, 0) is 24.6 Å². The first-order chi connectivity index (χ1) is 6.72. The zero-order valence-electron chi connectivity index (χ0n) is 8.69. The number of ether oxygens (including phenoxy) is 1. The predicted molar refractivity (Wildman–Crippen MR) is 62.8 cm³/mol. The summed E-state index contributed by atoms with van der Waals surface area (Å²) in [5.41, 5.74) is 6.98. The van der Waals surface area contributed by atoms with Crippen LogP contribution in [0.25, 0.3) is 0 Å². The van der Waals surface area contributed by atoms with Gasteiger partial charge in [0.05, 0.1) is 7.11 Å². The smallest absolute Gasteiger partial charge is 0.118 e. The molecule has 14 heavy (non-hydrogen) atoms. The van der Waals surface area contributed by atoms with Crippen molar-refractivity contribution in [3.8, 4) is 5.75 Å². The lowest BCUT2D eigenvalue weighted by Crippen LogP contribution is -2.17. The van der Waals surface area contributed by atoms with Crippen LogP contribution in [0.3, 0.4) is 0 Å². The Morgan fingerprint density at radius 1 is 1.36 bits per heavy atom. The Bertz CT molecular complexity index is 258. The highest BCUT2D eigenvalue weighted by atomic mass is 32.2. The van der Waals surface area contributed by atoms with Crippen LogP contribution >= 0.6 is 11.8 Å². The van der Waals surface area contributed by atoms with Gasteiger partial charge < -0.3 is 10.5 Å². The normalized spacial score (nSPS) is 12.5. The second-order valence-electron chi connectivity index (χ2n) is 3.34. The number of methoxy groups -OCH3 is 1. The van der Waals surface area contributed by atoms with E-state index in [0.717, 1.165) is 17.3 Å². The Morgan fingerprint density at radius 3 is 2.50 bits per heavy atom. The summed E-state index contributed by atoms with van der Waals surface area (Å²) < 4.78 is 5.09. The Labute approximate surface area is 89.8 Å². The van der Waals surface area contributed by atoms with Crippen molar-refractivity contribution in [3.05, 3.63) is 29.8 Å². The molecule has 0 amide bonds. The van der Waals surface area contributed by atoms with E-state index in [1.54, 1.807) is 7.11 Å². The summed E-state index contributed by atoms with van der Waals surface area (Å²) in [6, 6.07) is 8.43. The number of hydrogen-bond donors (Lipinski definition) is 1. The molecule has 0 heterocycles. The highest BCUT2D eigenvalue weighted by molar-refractivity contribution is 7.98. The van der Waals surface area contributed by atoms with E-state index in [0.29, 0.717) is 0 Å². The summed E-state index contributed by atoms with van der Waals surface area (Å²) in [5.74, 6) is 2.93. The van der Waals surface area contributed by atoms with Crippen LogP contribution in [-0.2, 0) is 5.75 Å². The van der Waals surface area contributed by atoms with Gasteiger partial charge in [-0.25, -0.2) is 0 Å². The molecule has 2 nitrogen and oxygen atoms in total. The van der Waals surface area contributed by atoms with Gasteiger partial charge in [-0.2, -0.15) is 11.8 Å². The molecule has 0 saturated heterocycles. The average Bonchev–Trinajstić information content (AvgIpc) is 2.18. The van der Waals surface area contributed by atoms with Gasteiger partial charge in [0.25, 0.3) is 0 Å². The molecule has 78 valence electrons. The molecule has 0 saturated carbocycles. The van der Waals surface area contributed by atoms with Crippen LogP contribution in [0.4, 0.5) is 0 Å². The largest absolute Gasteiger partial charge is 0.497 e. The van der Waals surface area contributed by atoms with Crippen molar-refractivity contribution in [1.29, 1.82) is 0 Å². The number of thioether (sulfide) groups is 1. The lowest BCUT2D eigenvalue weighted by Gasteiger charge is -2.05. The Hall–Kier alpha value is -0.670. The summed E-state index contributed by atoms with van der Waals surface area (Å²) in [6.07, 6.45) is 0. The van der Waals surface area contributed by atoms with Crippen LogP contribution in [0.15, 0.2) is 24.3 Å². The lowest BCUT2D eigenvalue weighted by molar-refractivity contribution is 0.414. The van der Waals surface area contributed by atoms with Crippen molar-refractivity contribution in [2.75, 3.05) is 12.9 Å². The Morgan fingerprint density at radius 2 is 2.00 bits per heavy atom. The van der Waals surface area contributed by atoms with E-state index in [-0.39, 0.29) is 6.04 Å². The van der Waals surface area contributed by atoms with Crippen LogP contribution < -0.4 is 10.5 Å². The standard InChI is InChI=1S/C11H17NOS/c1-9(12)7-14-8-10-3-5-11(13-2)6-4-10/h3-6,9H,7-8,12H2,1-2H3. The lowest BCUT2D eigenvalue weighted by atomic mass is 10.2. The molecule has 0 spiro atoms. The van der Waals surface area contributed by atoms with Crippen LogP contribution in [-0.4, -0.2) is 18.9 Å². The molecule has 0 aliphatic rings. The maximum atomic E-state index is 5.66. The summed E-state index contributed by atoms with van der Waals surface area (Å²) in [7, 11) is 1.68. The number of hydrogen-bond acceptors (Lipinski definition) is 3. The maximum absolute atomic E-state index is 5.66. The minimum absolute atomic E-state index is 0.276. The van der Waals surface area contributed by atoms with Gasteiger partial charge in [-0.15, -0.1) is 0 Å². The monoisotopic (exact) mass is 211 g/mol. The molecule has 0 fully saturated rings. The molecule has 0 aliphatic carbocycles. The molecule has 3 heteroatoms. The first-order valence-corrected chi connectivity index (χ1v) is 5.84. The van der Waals surface area contributed by atoms with Crippen molar-refractivity contribution in [2.45, 2.75) is 18.7 Å². The molecule has 1 rings (SSSR count). The second-order valence-corrected chi connectivity index (χ2v) is 4.37. The molecular formula is C11H17NOS. The molecule has 0 radical (unpaired) electrons. The van der Waals surface area contributed by atoms with E-state index >= 15 is 0 Å². The van der Waals surface area contributed by atoms with Crippen LogP contribution in [0, 0.1) is 0 Å². The van der Waals surface area contributed by atoms with E-state index in [9.17, 15) is 0 Å². The third-order valence-electron chi connectivity index (χ3n) is 1.81. The van der Waals surface area contributed by atoms with Gasteiger partial charge in [0.15, 0.2) is 0 Å². The molecule has 0 aromatic heterocycles. The third kappa shape index (κ3) is 4.03. The van der Waals surface area contributed by atoms with Crippen molar-refractivity contribution in [1.82, 2.24) is 0 Å². The number of rotatable bonds is 5. The molecular weight excluding hydrogens is 194 g/mol. The van der Waals surface area contributed by atoms with Crippen molar-refractivity contribution < 1.29 is 4.74 Å². The Balaban J connectivity index is 2.36. The molecule has 2 N–H and O–H groups in total. The highest BCUT2D eigenvalue weighted by Crippen LogP contribution is 2.16. The molecule has 1 aromatic rings. The van der Waals surface area contributed by atoms with E-state index < -0.39 is 0 Å². The highest BCUT2D eigenvalue weighted by Gasteiger charge is 1.97. The summed E-state index contributed by atoms with van der Waals surface area (Å²) >= 11 is 1.86. The van der Waals surface area contributed by atoms with E-state index in [4.69, 9.17) is 10.5 Å². The van der Waals surface area contributed by atoms with Gasteiger partial charge in [0.2, 0.25) is 0 Å². The van der Waals surface area contributed by atoms with Crippen LogP contribution in [0.5, 0.6) is 5.75 Å². The SMILES string of the molecule is COc1ccc(CSCC(C)N)cc1. The fourth-order valence-electron chi connectivity index (χ4n) is 1.08. The van der Waals surface area contributed by atoms with Gasteiger partial charge >= 0.3 is 0 Å². The van der Waals surface area contributed by atoms with Gasteiger partial charge in [0, 0.05) is 17.5 Å². The van der Waals surface area contributed by atoms with Crippen molar-refractivity contribution >= 4 is 11.8 Å². The molecule has 1 atom stereocenters. The zero-order chi connectivity index (χ0) is 10.4. The molecule has 0 bridgehead atoms. The zero-order valence-corrected chi connectivity index (χ0v) is 9.51. The summed E-state index contributed by atoms with van der Waals surface area (Å²) in [5, 5.41) is 0. The fraction of sp³-hybridized carbons (Fsp3) is 0.455. The van der Waals surface area contributed by atoms with E-state index in [1.165, 1.54) is 5.56 Å². The van der Waals surface area contributed by atoms with Crippen LogP contribution in [0.2, 0.25) is 0 Å². The topological polar surface area (TPSA) is 35.2 Å². The van der Waals surface area contributed by atoms with E-state index in [2.05, 4.69) is 12.1 Å². The van der Waals surface area contributed by atoms with Crippen LogP contribution in [0.1, 0.15) is 12.5 Å². The number of nitrogens with two attached hydrogens (primary N) is 1. The minimum Gasteiger partial charge on any atom is -0.497 e. The minimum atomic E-state index is 0.276. The van der Waals surface area contributed by atoms with Gasteiger partial charge in [0.1, 0.15) is 5.75 Å². The molecule has 1 unspecified atom stereocenters. The fourth-order valence-corrected chi connectivity index (χ4v) is 2.00. The third-order valence-corrected chi connectivity index (χ3v) is 3.11. The first-order valence-electron chi connectivity index (χ1n) is 4.68. The molecule has 0 aliphatic heterocycles. The second kappa shape index (κ2) is 5.94. The van der Waals surface area contributed by atoms with Crippen molar-refractivity contribution in [2.24, 2.45) is 5.73 Å². The van der Waals surface area contributed by atoms with E-state index in [1.807, 2.05) is 30.8 Å². The quantitative estimate of drug-likeness (QED) is 0.811. The van der Waals surface area contributed by atoms with Crippen molar-refractivity contribution in [3.63, 3.8) is 0 Å². The number of benzene rings is 1. The summed E-state index contributed by atoms with van der Waals surface area (Å²) in [6.45, 7) is 2.03. The maximum Gasteiger partial charge on any atom is 0.118 e. The first kappa shape index (κ1) is 11.4. The summed E-state index contributed by atoms with van der Waals surface area (Å²) in [4.78, 5) is 0. The Kier molecular flexibility index (Phi) is 4.84. The van der Waals surface area contributed by atoms with Gasteiger partial charge in [-0.3, -0.25) is 0 Å². The average molecular weight is 211 g/mol. The molecule has 1 aromatic carbocycles. The van der Waals surface area contributed by atoms with Gasteiger partial charge in [-0.1, -0.05) is 12.1 Å². The predicted octanol–water partition coefficient (Wildman–Crippen LogP) is 2.28.